The maximum Gasteiger partial charge on any atom is 0.0726 e. The fourth-order valence-electron chi connectivity index (χ4n) is 2.23. The van der Waals surface area contributed by atoms with Crippen LogP contribution < -0.4 is 5.36 Å². The Labute approximate surface area is 105 Å². The Bertz CT molecular complexity index is 684. The van der Waals surface area contributed by atoms with E-state index in [4.69, 9.17) is 5.41 Å². The van der Waals surface area contributed by atoms with Crippen LogP contribution in [0.1, 0.15) is 0 Å². The molecule has 0 fully saturated rings. The van der Waals surface area contributed by atoms with E-state index in [1.54, 1.807) is 0 Å². The van der Waals surface area contributed by atoms with Crippen LogP contribution in [0.4, 0.5) is 0 Å². The number of nitrogens with zero attached hydrogens (tertiary/aromatic N) is 1. The molecule has 0 unspecified atom stereocenters. The zero-order valence-electron chi connectivity index (χ0n) is 9.47. The summed E-state index contributed by atoms with van der Waals surface area (Å²) in [5.41, 5.74) is 2.21. The SMILES string of the molecule is Cl.Cn1c2ccccc2c(=N)c2ccccc21. The Morgan fingerprint density at radius 3 is 1.71 bits per heavy atom. The molecule has 0 atom stereocenters. The Balaban J connectivity index is 0.00000108. The Morgan fingerprint density at radius 1 is 0.824 bits per heavy atom. The minimum atomic E-state index is 0. The zero-order chi connectivity index (χ0) is 11.1. The van der Waals surface area contributed by atoms with Crippen LogP contribution in [-0.2, 0) is 7.05 Å². The molecule has 0 radical (unpaired) electrons. The molecule has 0 saturated heterocycles. The van der Waals surface area contributed by atoms with E-state index in [1.807, 2.05) is 43.4 Å². The van der Waals surface area contributed by atoms with Gasteiger partial charge in [0.25, 0.3) is 0 Å². The fourth-order valence-corrected chi connectivity index (χ4v) is 2.23. The van der Waals surface area contributed by atoms with E-state index in [1.165, 1.54) is 0 Å². The number of aryl methyl sites for hydroxylation is 1. The third-order valence-electron chi connectivity index (χ3n) is 3.07. The van der Waals surface area contributed by atoms with E-state index in [0.717, 1.165) is 21.8 Å². The van der Waals surface area contributed by atoms with Gasteiger partial charge in [-0.05, 0) is 12.1 Å². The second-order valence-electron chi connectivity index (χ2n) is 3.97. The number of aromatic nitrogens is 1. The number of hydrogen-bond acceptors (Lipinski definition) is 1. The lowest BCUT2D eigenvalue weighted by molar-refractivity contribution is 0.999. The second kappa shape index (κ2) is 4.22. The lowest BCUT2D eigenvalue weighted by atomic mass is 10.1. The standard InChI is InChI=1S/C14H12N2.ClH/c1-16-12-8-4-2-6-10(12)14(15)11-7-3-5-9-13(11)16;/h2-9,15H,1H3;1H. The maximum absolute atomic E-state index is 8.22. The van der Waals surface area contributed by atoms with Crippen LogP contribution in [0, 0.1) is 5.41 Å². The Morgan fingerprint density at radius 2 is 1.24 bits per heavy atom. The summed E-state index contributed by atoms with van der Waals surface area (Å²) in [6.07, 6.45) is 0. The van der Waals surface area contributed by atoms with Crippen LogP contribution in [0.25, 0.3) is 21.8 Å². The van der Waals surface area contributed by atoms with E-state index < -0.39 is 0 Å². The molecule has 0 aliphatic carbocycles. The van der Waals surface area contributed by atoms with E-state index in [2.05, 4.69) is 16.7 Å². The zero-order valence-corrected chi connectivity index (χ0v) is 10.3. The molecule has 0 aliphatic heterocycles. The summed E-state index contributed by atoms with van der Waals surface area (Å²) in [6, 6.07) is 16.1. The average molecular weight is 245 g/mol. The monoisotopic (exact) mass is 244 g/mol. The lowest BCUT2D eigenvalue weighted by Gasteiger charge is -2.10. The van der Waals surface area contributed by atoms with Crippen molar-refractivity contribution in [3.8, 4) is 0 Å². The molecular formula is C14H13ClN2. The van der Waals surface area contributed by atoms with E-state index in [9.17, 15) is 0 Å². The molecule has 3 heteroatoms. The summed E-state index contributed by atoms with van der Waals surface area (Å²) in [5, 5.41) is 10.8. The van der Waals surface area contributed by atoms with Gasteiger partial charge in [0.15, 0.2) is 0 Å². The van der Waals surface area contributed by atoms with E-state index in [-0.39, 0.29) is 12.4 Å². The number of benzene rings is 2. The van der Waals surface area contributed by atoms with Gasteiger partial charge in [0, 0.05) is 17.8 Å². The number of para-hydroxylation sites is 2. The average Bonchev–Trinajstić information content (AvgIpc) is 2.36. The number of hydrogen-bond donors (Lipinski definition) is 1. The van der Waals surface area contributed by atoms with Gasteiger partial charge in [-0.25, -0.2) is 0 Å². The number of rotatable bonds is 0. The van der Waals surface area contributed by atoms with E-state index >= 15 is 0 Å². The van der Waals surface area contributed by atoms with Crippen molar-refractivity contribution in [1.82, 2.24) is 4.57 Å². The van der Waals surface area contributed by atoms with Crippen LogP contribution in [0.5, 0.6) is 0 Å². The molecule has 17 heavy (non-hydrogen) atoms. The van der Waals surface area contributed by atoms with Gasteiger partial charge in [0.05, 0.1) is 16.4 Å². The van der Waals surface area contributed by atoms with Crippen LogP contribution in [0.3, 0.4) is 0 Å². The number of halogens is 1. The first-order chi connectivity index (χ1) is 7.79. The summed E-state index contributed by atoms with van der Waals surface area (Å²) in [4.78, 5) is 0. The lowest BCUT2D eigenvalue weighted by Crippen LogP contribution is -2.08. The van der Waals surface area contributed by atoms with Gasteiger partial charge in [0.2, 0.25) is 0 Å². The summed E-state index contributed by atoms with van der Waals surface area (Å²) in [7, 11) is 2.05. The molecule has 0 spiro atoms. The molecule has 2 nitrogen and oxygen atoms in total. The third-order valence-corrected chi connectivity index (χ3v) is 3.07. The summed E-state index contributed by atoms with van der Waals surface area (Å²) < 4.78 is 2.14. The molecule has 1 aromatic heterocycles. The third kappa shape index (κ3) is 1.61. The fraction of sp³-hybridized carbons (Fsp3) is 0.0714. The minimum Gasteiger partial charge on any atom is -0.344 e. The van der Waals surface area contributed by atoms with Crippen molar-refractivity contribution in [2.45, 2.75) is 0 Å². The highest BCUT2D eigenvalue weighted by Gasteiger charge is 2.04. The molecule has 2 aromatic carbocycles. The van der Waals surface area contributed by atoms with Crippen molar-refractivity contribution < 1.29 is 0 Å². The van der Waals surface area contributed by atoms with Crippen LogP contribution in [0.2, 0.25) is 0 Å². The van der Waals surface area contributed by atoms with Crippen LogP contribution in [0.15, 0.2) is 48.5 Å². The van der Waals surface area contributed by atoms with Crippen molar-refractivity contribution in [3.63, 3.8) is 0 Å². The smallest absolute Gasteiger partial charge is 0.0726 e. The molecule has 1 heterocycles. The van der Waals surface area contributed by atoms with Gasteiger partial charge < -0.3 is 4.57 Å². The van der Waals surface area contributed by atoms with Crippen molar-refractivity contribution in [2.75, 3.05) is 0 Å². The topological polar surface area (TPSA) is 28.8 Å². The molecule has 1 N–H and O–H groups in total. The number of nitrogens with one attached hydrogen (secondary N) is 1. The van der Waals surface area contributed by atoms with Crippen molar-refractivity contribution >= 4 is 34.2 Å². The predicted octanol–water partition coefficient (Wildman–Crippen LogP) is 3.23. The summed E-state index contributed by atoms with van der Waals surface area (Å²) >= 11 is 0. The summed E-state index contributed by atoms with van der Waals surface area (Å²) in [5.74, 6) is 0. The van der Waals surface area contributed by atoms with Gasteiger partial charge in [-0.15, -0.1) is 12.4 Å². The van der Waals surface area contributed by atoms with Crippen molar-refractivity contribution in [3.05, 3.63) is 53.9 Å². The first kappa shape index (κ1) is 11.7. The number of fused-ring (bicyclic) bond motifs is 2. The molecule has 86 valence electrons. The number of pyridine rings is 1. The molecule has 0 bridgehead atoms. The van der Waals surface area contributed by atoms with E-state index in [0.29, 0.717) is 5.36 Å². The van der Waals surface area contributed by atoms with Crippen molar-refractivity contribution in [1.29, 1.82) is 5.41 Å². The maximum atomic E-state index is 8.22. The van der Waals surface area contributed by atoms with Crippen LogP contribution >= 0.6 is 12.4 Å². The molecule has 3 rings (SSSR count). The molecular weight excluding hydrogens is 232 g/mol. The highest BCUT2D eigenvalue weighted by Crippen LogP contribution is 2.16. The quantitative estimate of drug-likeness (QED) is 0.589. The Hall–Kier alpha value is -1.80. The van der Waals surface area contributed by atoms with Gasteiger partial charge in [-0.1, -0.05) is 36.4 Å². The first-order valence-electron chi connectivity index (χ1n) is 5.30. The molecule has 0 saturated carbocycles. The first-order valence-corrected chi connectivity index (χ1v) is 5.30. The van der Waals surface area contributed by atoms with Crippen molar-refractivity contribution in [2.24, 2.45) is 7.05 Å². The molecule has 0 aliphatic rings. The predicted molar refractivity (Wildman–Crippen MR) is 73.5 cm³/mol. The van der Waals surface area contributed by atoms with Gasteiger partial charge in [-0.3, -0.25) is 5.41 Å². The highest BCUT2D eigenvalue weighted by atomic mass is 35.5. The Kier molecular flexibility index (Phi) is 2.90. The minimum absolute atomic E-state index is 0. The molecule has 3 aromatic rings. The van der Waals surface area contributed by atoms with Gasteiger partial charge >= 0.3 is 0 Å². The van der Waals surface area contributed by atoms with Crippen LogP contribution in [-0.4, -0.2) is 4.57 Å². The largest absolute Gasteiger partial charge is 0.344 e. The van der Waals surface area contributed by atoms with Gasteiger partial charge in [0.1, 0.15) is 0 Å². The highest BCUT2D eigenvalue weighted by molar-refractivity contribution is 5.92. The second-order valence-corrected chi connectivity index (χ2v) is 3.97. The normalized spacial score (nSPS) is 10.4. The van der Waals surface area contributed by atoms with Gasteiger partial charge in [-0.2, -0.15) is 0 Å². The molecule has 0 amide bonds. The summed E-state index contributed by atoms with van der Waals surface area (Å²) in [6.45, 7) is 0.